The summed E-state index contributed by atoms with van der Waals surface area (Å²) in [5.74, 6) is 2.73. The summed E-state index contributed by atoms with van der Waals surface area (Å²) in [6.07, 6.45) is 2.65. The van der Waals surface area contributed by atoms with Gasteiger partial charge in [0.1, 0.15) is 0 Å². The summed E-state index contributed by atoms with van der Waals surface area (Å²) in [6, 6.07) is 4.55. The van der Waals surface area contributed by atoms with Crippen LogP contribution in [0.3, 0.4) is 0 Å². The zero-order valence-electron chi connectivity index (χ0n) is 15.7. The molecule has 1 aromatic carbocycles. The van der Waals surface area contributed by atoms with Crippen molar-refractivity contribution in [2.24, 2.45) is 5.92 Å². The van der Waals surface area contributed by atoms with E-state index in [1.807, 2.05) is 12.1 Å². The van der Waals surface area contributed by atoms with E-state index in [9.17, 15) is 0 Å². The Hall–Kier alpha value is -1.46. The lowest BCUT2D eigenvalue weighted by Crippen LogP contribution is -2.44. The molecule has 0 aliphatic carbocycles. The molecule has 5 nitrogen and oxygen atoms in total. The molecule has 0 radical (unpaired) electrons. The van der Waals surface area contributed by atoms with E-state index in [1.165, 1.54) is 25.9 Å². The van der Waals surface area contributed by atoms with Crippen LogP contribution in [0.4, 0.5) is 0 Å². The summed E-state index contributed by atoms with van der Waals surface area (Å²) in [7, 11) is 4.94. The van der Waals surface area contributed by atoms with Gasteiger partial charge >= 0.3 is 0 Å². The Kier molecular flexibility index (Phi) is 7.18. The van der Waals surface area contributed by atoms with Crippen LogP contribution in [0, 0.1) is 5.92 Å². The summed E-state index contributed by atoms with van der Waals surface area (Å²) >= 11 is 0. The van der Waals surface area contributed by atoms with E-state index in [-0.39, 0.29) is 0 Å². The minimum Gasteiger partial charge on any atom is -0.493 e. The highest BCUT2D eigenvalue weighted by atomic mass is 16.5. The number of likely N-dealkylation sites (tertiary alicyclic amines) is 1. The zero-order chi connectivity index (χ0) is 17.5. The van der Waals surface area contributed by atoms with Gasteiger partial charge in [0.2, 0.25) is 5.75 Å². The predicted molar refractivity (Wildman–Crippen MR) is 97.2 cm³/mol. The number of benzene rings is 1. The van der Waals surface area contributed by atoms with E-state index >= 15 is 0 Å². The molecule has 1 saturated heterocycles. The molecule has 0 bridgehead atoms. The minimum absolute atomic E-state index is 0.582. The quantitative estimate of drug-likeness (QED) is 0.751. The van der Waals surface area contributed by atoms with Crippen LogP contribution in [0.1, 0.15) is 32.3 Å². The van der Waals surface area contributed by atoms with Crippen molar-refractivity contribution in [3.05, 3.63) is 17.7 Å². The Bertz CT molecular complexity index is 514. The van der Waals surface area contributed by atoms with Crippen molar-refractivity contribution in [3.8, 4) is 17.2 Å². The molecule has 1 aliphatic heterocycles. The van der Waals surface area contributed by atoms with E-state index in [0.29, 0.717) is 23.5 Å². The molecule has 0 spiro atoms. The first-order valence-electron chi connectivity index (χ1n) is 8.85. The topological polar surface area (TPSA) is 43.0 Å². The lowest BCUT2D eigenvalue weighted by atomic mass is 10.0. The van der Waals surface area contributed by atoms with Gasteiger partial charge in [0, 0.05) is 24.7 Å². The number of methoxy groups -OCH3 is 3. The summed E-state index contributed by atoms with van der Waals surface area (Å²) in [4.78, 5) is 2.61. The average molecular weight is 336 g/mol. The van der Waals surface area contributed by atoms with Crippen molar-refractivity contribution < 1.29 is 14.2 Å². The second-order valence-electron chi connectivity index (χ2n) is 6.68. The molecule has 0 amide bonds. The van der Waals surface area contributed by atoms with Crippen LogP contribution in [-0.4, -0.2) is 51.9 Å². The smallest absolute Gasteiger partial charge is 0.203 e. The van der Waals surface area contributed by atoms with Gasteiger partial charge < -0.3 is 19.5 Å². The van der Waals surface area contributed by atoms with Gasteiger partial charge in [-0.1, -0.05) is 19.9 Å². The van der Waals surface area contributed by atoms with Crippen LogP contribution in [0.25, 0.3) is 0 Å². The summed E-state index contributed by atoms with van der Waals surface area (Å²) in [6.45, 7) is 8.80. The van der Waals surface area contributed by atoms with Crippen LogP contribution >= 0.6 is 0 Å². The predicted octanol–water partition coefficient (Wildman–Crippen LogP) is 2.92. The largest absolute Gasteiger partial charge is 0.493 e. The Morgan fingerprint density at radius 1 is 1.00 bits per heavy atom. The van der Waals surface area contributed by atoms with Gasteiger partial charge in [0.25, 0.3) is 0 Å². The van der Waals surface area contributed by atoms with E-state index in [4.69, 9.17) is 14.2 Å². The monoisotopic (exact) mass is 336 g/mol. The molecule has 0 saturated carbocycles. The lowest BCUT2D eigenvalue weighted by Gasteiger charge is -2.31. The first-order valence-corrected chi connectivity index (χ1v) is 8.85. The van der Waals surface area contributed by atoms with E-state index < -0.39 is 0 Å². The third kappa shape index (κ3) is 4.33. The van der Waals surface area contributed by atoms with E-state index in [0.717, 1.165) is 24.4 Å². The molecule has 0 aromatic heterocycles. The van der Waals surface area contributed by atoms with Gasteiger partial charge in [-0.15, -0.1) is 0 Å². The number of nitrogens with one attached hydrogen (secondary N) is 1. The molecule has 1 heterocycles. The van der Waals surface area contributed by atoms with Crippen molar-refractivity contribution in [1.29, 1.82) is 0 Å². The molecule has 24 heavy (non-hydrogen) atoms. The summed E-state index contributed by atoms with van der Waals surface area (Å²) < 4.78 is 16.4. The highest BCUT2D eigenvalue weighted by molar-refractivity contribution is 5.55. The Morgan fingerprint density at radius 3 is 2.21 bits per heavy atom. The van der Waals surface area contributed by atoms with Crippen molar-refractivity contribution in [3.63, 3.8) is 0 Å². The van der Waals surface area contributed by atoms with Crippen LogP contribution in [-0.2, 0) is 6.54 Å². The molecular weight excluding hydrogens is 304 g/mol. The molecule has 5 heteroatoms. The van der Waals surface area contributed by atoms with Crippen LogP contribution < -0.4 is 19.5 Å². The van der Waals surface area contributed by atoms with Gasteiger partial charge in [-0.3, -0.25) is 4.90 Å². The van der Waals surface area contributed by atoms with Crippen LogP contribution in [0.2, 0.25) is 0 Å². The number of nitrogens with zero attached hydrogens (tertiary/aromatic N) is 1. The fourth-order valence-corrected chi connectivity index (χ4v) is 3.52. The first-order chi connectivity index (χ1) is 11.6. The molecule has 1 N–H and O–H groups in total. The second kappa shape index (κ2) is 9.14. The molecule has 1 fully saturated rings. The third-order valence-electron chi connectivity index (χ3n) is 4.83. The summed E-state index contributed by atoms with van der Waals surface area (Å²) in [5, 5.41) is 3.61. The normalized spacial score (nSPS) is 16.4. The summed E-state index contributed by atoms with van der Waals surface area (Å²) in [5.41, 5.74) is 1.08. The SMILES string of the molecule is COc1ccc(CNCC(C(C)C)N2CCCC2)c(OC)c1OC. The van der Waals surface area contributed by atoms with Gasteiger partial charge in [0.15, 0.2) is 11.5 Å². The minimum atomic E-state index is 0.582. The third-order valence-corrected chi connectivity index (χ3v) is 4.83. The van der Waals surface area contributed by atoms with Gasteiger partial charge in [-0.05, 0) is 37.9 Å². The standard InChI is InChI=1S/C19H32N2O3/c1-14(2)16(21-10-6-7-11-21)13-20-12-15-8-9-17(22-3)19(24-5)18(15)23-4/h8-9,14,16,20H,6-7,10-13H2,1-5H3. The Balaban J connectivity index is 2.02. The van der Waals surface area contributed by atoms with Crippen molar-refractivity contribution in [1.82, 2.24) is 10.2 Å². The molecule has 1 aliphatic rings. The van der Waals surface area contributed by atoms with Crippen LogP contribution in [0.5, 0.6) is 17.2 Å². The lowest BCUT2D eigenvalue weighted by molar-refractivity contribution is 0.186. The fourth-order valence-electron chi connectivity index (χ4n) is 3.52. The molecule has 1 aromatic rings. The van der Waals surface area contributed by atoms with Crippen molar-refractivity contribution in [2.45, 2.75) is 39.3 Å². The second-order valence-corrected chi connectivity index (χ2v) is 6.68. The first kappa shape index (κ1) is 18.9. The van der Waals surface area contributed by atoms with Crippen LogP contribution in [0.15, 0.2) is 12.1 Å². The van der Waals surface area contributed by atoms with Crippen molar-refractivity contribution in [2.75, 3.05) is 41.0 Å². The van der Waals surface area contributed by atoms with E-state index in [1.54, 1.807) is 21.3 Å². The van der Waals surface area contributed by atoms with Gasteiger partial charge in [-0.25, -0.2) is 0 Å². The Labute approximate surface area is 146 Å². The number of ether oxygens (including phenoxy) is 3. The number of rotatable bonds is 9. The maximum atomic E-state index is 5.56. The molecule has 1 unspecified atom stereocenters. The molecule has 2 rings (SSSR count). The van der Waals surface area contributed by atoms with E-state index in [2.05, 4.69) is 24.1 Å². The maximum absolute atomic E-state index is 5.56. The maximum Gasteiger partial charge on any atom is 0.203 e. The van der Waals surface area contributed by atoms with Gasteiger partial charge in [0.05, 0.1) is 21.3 Å². The fraction of sp³-hybridized carbons (Fsp3) is 0.684. The highest BCUT2D eigenvalue weighted by Crippen LogP contribution is 2.39. The number of hydrogen-bond donors (Lipinski definition) is 1. The zero-order valence-corrected chi connectivity index (χ0v) is 15.7. The Morgan fingerprint density at radius 2 is 1.67 bits per heavy atom. The molecule has 1 atom stereocenters. The van der Waals surface area contributed by atoms with Gasteiger partial charge in [-0.2, -0.15) is 0 Å². The number of hydrogen-bond acceptors (Lipinski definition) is 5. The highest BCUT2D eigenvalue weighted by Gasteiger charge is 2.24. The van der Waals surface area contributed by atoms with Crippen molar-refractivity contribution >= 4 is 0 Å². The molecular formula is C19H32N2O3. The molecule has 136 valence electrons. The average Bonchev–Trinajstić information content (AvgIpc) is 3.11.